The summed E-state index contributed by atoms with van der Waals surface area (Å²) in [6.07, 6.45) is 5.92. The first kappa shape index (κ1) is 27.0. The monoisotopic (exact) mass is 531 g/mol. The number of hydrogen-bond donors (Lipinski definition) is 0. The molecule has 0 saturated heterocycles. The van der Waals surface area contributed by atoms with Crippen LogP contribution in [-0.4, -0.2) is 44.9 Å². The summed E-state index contributed by atoms with van der Waals surface area (Å²) in [6, 6.07) is 13.4. The molecule has 1 unspecified atom stereocenters. The zero-order valence-corrected chi connectivity index (χ0v) is 23.2. The second-order valence-corrected chi connectivity index (χ2v) is 10.7. The molecule has 5 rings (SSSR count). The topological polar surface area (TPSA) is 83.4 Å². The lowest BCUT2D eigenvalue weighted by molar-refractivity contribution is -0.153. The van der Waals surface area contributed by atoms with Gasteiger partial charge in [0.2, 0.25) is 0 Å². The Kier molecular flexibility index (Phi) is 8.05. The first-order chi connectivity index (χ1) is 18.9. The maximum absolute atomic E-state index is 13.9. The molecule has 206 valence electrons. The van der Waals surface area contributed by atoms with E-state index in [1.54, 1.807) is 27.4 Å². The summed E-state index contributed by atoms with van der Waals surface area (Å²) in [5.74, 6) is 0.437. The Morgan fingerprint density at radius 3 is 2.23 bits per heavy atom. The van der Waals surface area contributed by atoms with Crippen LogP contribution in [0.25, 0.3) is 0 Å². The van der Waals surface area contributed by atoms with Gasteiger partial charge in [0, 0.05) is 41.0 Å². The first-order valence-electron chi connectivity index (χ1n) is 13.8. The normalized spacial score (nSPS) is 23.5. The first-order valence-corrected chi connectivity index (χ1v) is 13.8. The van der Waals surface area contributed by atoms with E-state index in [9.17, 15) is 9.59 Å². The van der Waals surface area contributed by atoms with Crippen LogP contribution in [0.3, 0.4) is 0 Å². The Morgan fingerprint density at radius 1 is 0.872 bits per heavy atom. The number of allylic oxidation sites excluding steroid dienone is 2. The van der Waals surface area contributed by atoms with Crippen LogP contribution in [0.15, 0.2) is 58.7 Å². The summed E-state index contributed by atoms with van der Waals surface area (Å²) < 4.78 is 22.6. The van der Waals surface area contributed by atoms with E-state index in [0.717, 1.165) is 48.3 Å². The number of nitrogens with zero attached hydrogens (tertiary/aromatic N) is 1. The van der Waals surface area contributed by atoms with E-state index >= 15 is 0 Å². The number of esters is 1. The third-order valence-electron chi connectivity index (χ3n) is 8.34. The molecule has 1 fully saturated rings. The van der Waals surface area contributed by atoms with Gasteiger partial charge in [0.15, 0.2) is 5.78 Å². The van der Waals surface area contributed by atoms with Crippen LogP contribution < -0.4 is 14.2 Å². The van der Waals surface area contributed by atoms with Crippen molar-refractivity contribution in [2.24, 2.45) is 10.9 Å². The van der Waals surface area contributed by atoms with Gasteiger partial charge in [0.1, 0.15) is 29.3 Å². The Hall–Kier alpha value is -3.61. The molecular weight excluding hydrogens is 494 g/mol. The van der Waals surface area contributed by atoms with Crippen molar-refractivity contribution in [3.63, 3.8) is 0 Å². The van der Waals surface area contributed by atoms with Crippen molar-refractivity contribution in [2.45, 2.75) is 69.8 Å². The molecule has 39 heavy (non-hydrogen) atoms. The van der Waals surface area contributed by atoms with Gasteiger partial charge in [-0.1, -0.05) is 24.6 Å². The molecule has 3 atom stereocenters. The van der Waals surface area contributed by atoms with Gasteiger partial charge in [0.25, 0.3) is 0 Å². The van der Waals surface area contributed by atoms with Crippen molar-refractivity contribution in [1.82, 2.24) is 0 Å². The van der Waals surface area contributed by atoms with Crippen LogP contribution in [-0.2, 0) is 14.3 Å². The number of benzene rings is 2. The molecule has 1 aliphatic heterocycles. The van der Waals surface area contributed by atoms with E-state index in [0.29, 0.717) is 35.6 Å². The number of carbonyl (C=O) groups excluding carboxylic acids is 2. The van der Waals surface area contributed by atoms with Crippen LogP contribution >= 0.6 is 0 Å². The molecule has 0 bridgehead atoms. The van der Waals surface area contributed by atoms with Crippen molar-refractivity contribution >= 4 is 17.5 Å². The highest BCUT2D eigenvalue weighted by molar-refractivity contribution is 6.09. The summed E-state index contributed by atoms with van der Waals surface area (Å²) in [7, 11) is 4.83. The minimum absolute atomic E-state index is 0.00265. The molecule has 1 heterocycles. The van der Waals surface area contributed by atoms with Gasteiger partial charge in [-0.05, 0) is 68.7 Å². The van der Waals surface area contributed by atoms with Gasteiger partial charge in [-0.15, -0.1) is 0 Å². The van der Waals surface area contributed by atoms with E-state index in [-0.39, 0.29) is 23.8 Å². The van der Waals surface area contributed by atoms with E-state index in [4.69, 9.17) is 23.9 Å². The standard InChI is InChI=1S/C32H37NO6/c1-19-29(32(35)39-23-8-6-5-7-9-23)30(25-15-14-24(37-3)18-28(25)38-4)31-26(33-19)16-21(17-27(31)34)20-10-12-22(36-2)13-11-20/h10-15,18,21,23,29-30H,5-9,16-17H2,1-4H3/t21-,29?,30+/m0/s1. The SMILES string of the molecule is COc1ccc([C@@H]2CC(=O)C3=C(C2)N=C(C)C(C(=O)OC2CCCCC2)[C@H]3c2ccc(OC)cc2OC)cc1. The van der Waals surface area contributed by atoms with Gasteiger partial charge >= 0.3 is 5.97 Å². The third-order valence-corrected chi connectivity index (χ3v) is 8.34. The van der Waals surface area contributed by atoms with E-state index < -0.39 is 11.8 Å². The fraction of sp³-hybridized carbons (Fsp3) is 0.469. The highest BCUT2D eigenvalue weighted by atomic mass is 16.5. The molecule has 0 spiro atoms. The Labute approximate surface area is 230 Å². The van der Waals surface area contributed by atoms with Crippen LogP contribution in [0.2, 0.25) is 0 Å². The summed E-state index contributed by atoms with van der Waals surface area (Å²) >= 11 is 0. The number of rotatable bonds is 7. The number of carbonyl (C=O) groups is 2. The van der Waals surface area contributed by atoms with E-state index in [1.807, 2.05) is 43.3 Å². The lowest BCUT2D eigenvalue weighted by Gasteiger charge is -2.37. The largest absolute Gasteiger partial charge is 0.497 e. The molecule has 2 aromatic rings. The van der Waals surface area contributed by atoms with Gasteiger partial charge in [0.05, 0.1) is 21.3 Å². The number of ketones is 1. The highest BCUT2D eigenvalue weighted by Gasteiger charge is 2.46. The Morgan fingerprint density at radius 2 is 1.56 bits per heavy atom. The smallest absolute Gasteiger partial charge is 0.315 e. The molecule has 0 aromatic heterocycles. The number of aliphatic imine (C=N–C) groups is 1. The quantitative estimate of drug-likeness (QED) is 0.398. The molecule has 7 nitrogen and oxygen atoms in total. The van der Waals surface area contributed by atoms with Gasteiger partial charge in [-0.2, -0.15) is 0 Å². The number of Topliss-reactive ketones (excluding diaryl/α,β-unsaturated/α-hetero) is 1. The van der Waals surface area contributed by atoms with Crippen LogP contribution in [0.1, 0.15) is 74.8 Å². The molecule has 2 aromatic carbocycles. The van der Waals surface area contributed by atoms with Gasteiger partial charge in [-0.3, -0.25) is 14.6 Å². The average Bonchev–Trinajstić information content (AvgIpc) is 2.96. The van der Waals surface area contributed by atoms with E-state index in [1.165, 1.54) is 6.42 Å². The minimum Gasteiger partial charge on any atom is -0.497 e. The third kappa shape index (κ3) is 5.45. The summed E-state index contributed by atoms with van der Waals surface area (Å²) in [5.41, 5.74) is 3.84. The zero-order chi connectivity index (χ0) is 27.5. The van der Waals surface area contributed by atoms with E-state index in [2.05, 4.69) is 0 Å². The Bertz CT molecular complexity index is 1290. The molecule has 0 N–H and O–H groups in total. The molecule has 1 saturated carbocycles. The second-order valence-electron chi connectivity index (χ2n) is 10.7. The van der Waals surface area contributed by atoms with Crippen molar-refractivity contribution in [3.8, 4) is 17.2 Å². The lowest BCUT2D eigenvalue weighted by Crippen LogP contribution is -2.39. The van der Waals surface area contributed by atoms with Gasteiger partial charge < -0.3 is 18.9 Å². The predicted molar refractivity (Wildman–Crippen MR) is 149 cm³/mol. The second kappa shape index (κ2) is 11.6. The summed E-state index contributed by atoms with van der Waals surface area (Å²) in [5, 5.41) is 0. The minimum atomic E-state index is -0.700. The lowest BCUT2D eigenvalue weighted by atomic mass is 9.69. The van der Waals surface area contributed by atoms with Crippen LogP contribution in [0.4, 0.5) is 0 Å². The number of hydrogen-bond acceptors (Lipinski definition) is 7. The van der Waals surface area contributed by atoms with Crippen molar-refractivity contribution in [3.05, 3.63) is 64.9 Å². The maximum atomic E-state index is 13.9. The molecule has 3 aliphatic rings. The molecule has 7 heteroatoms. The predicted octanol–water partition coefficient (Wildman–Crippen LogP) is 6.16. The molecule has 2 aliphatic carbocycles. The highest BCUT2D eigenvalue weighted by Crippen LogP contribution is 2.49. The molecule has 0 amide bonds. The fourth-order valence-electron chi connectivity index (χ4n) is 6.31. The summed E-state index contributed by atoms with van der Waals surface area (Å²) in [4.78, 5) is 32.6. The average molecular weight is 532 g/mol. The van der Waals surface area contributed by atoms with Gasteiger partial charge in [-0.25, -0.2) is 0 Å². The summed E-state index contributed by atoms with van der Waals surface area (Å²) in [6.45, 7) is 1.88. The zero-order valence-electron chi connectivity index (χ0n) is 23.2. The van der Waals surface area contributed by atoms with Crippen LogP contribution in [0.5, 0.6) is 17.2 Å². The maximum Gasteiger partial charge on any atom is 0.315 e. The van der Waals surface area contributed by atoms with Crippen LogP contribution in [0, 0.1) is 5.92 Å². The molecular formula is C32H37NO6. The van der Waals surface area contributed by atoms with Crippen molar-refractivity contribution < 1.29 is 28.5 Å². The Balaban J connectivity index is 1.55. The van der Waals surface area contributed by atoms with Crippen molar-refractivity contribution in [2.75, 3.05) is 21.3 Å². The molecule has 0 radical (unpaired) electrons. The number of ether oxygens (including phenoxy) is 4. The fourth-order valence-corrected chi connectivity index (χ4v) is 6.31. The van der Waals surface area contributed by atoms with Crippen molar-refractivity contribution in [1.29, 1.82) is 0 Å². The number of methoxy groups -OCH3 is 3.